The lowest BCUT2D eigenvalue weighted by Gasteiger charge is -2.19. The van der Waals surface area contributed by atoms with Gasteiger partial charge in [0.25, 0.3) is 5.76 Å². The molecule has 6 nitrogen and oxygen atoms in total. The standard InChI is InChI=1S/C25H25F3O6/c1-14(2)32-20(29)13-31-17-10-11-18-19(12-17)34-23(25(26,27)28)22(21(18)30)33-16-8-6-15(7-9-16)24(3,4)5/h6-12,14H,13H2,1-5H3. The summed E-state index contributed by atoms with van der Waals surface area (Å²) in [5, 5.41) is -0.133. The molecule has 0 saturated carbocycles. The number of carbonyl (C=O) groups excluding carboxylic acids is 1. The Morgan fingerprint density at radius 2 is 1.62 bits per heavy atom. The summed E-state index contributed by atoms with van der Waals surface area (Å²) in [5.41, 5.74) is -0.559. The maximum atomic E-state index is 13.8. The van der Waals surface area contributed by atoms with Crippen molar-refractivity contribution in [2.75, 3.05) is 6.61 Å². The Kier molecular flexibility index (Phi) is 6.95. The number of ether oxygens (including phenoxy) is 3. The molecular weight excluding hydrogens is 453 g/mol. The largest absolute Gasteiger partial charge is 0.482 e. The maximum absolute atomic E-state index is 13.8. The summed E-state index contributed by atoms with van der Waals surface area (Å²) < 4.78 is 61.9. The summed E-state index contributed by atoms with van der Waals surface area (Å²) >= 11 is 0. The number of rotatable bonds is 6. The molecule has 3 rings (SSSR count). The molecule has 34 heavy (non-hydrogen) atoms. The number of esters is 1. The Morgan fingerprint density at radius 3 is 2.18 bits per heavy atom. The zero-order chi connectivity index (χ0) is 25.3. The molecule has 0 amide bonds. The van der Waals surface area contributed by atoms with Gasteiger partial charge in [0.2, 0.25) is 11.2 Å². The Balaban J connectivity index is 1.98. The second-order valence-electron chi connectivity index (χ2n) is 8.95. The normalized spacial score (nSPS) is 12.1. The van der Waals surface area contributed by atoms with E-state index in [1.54, 1.807) is 26.0 Å². The molecule has 0 unspecified atom stereocenters. The van der Waals surface area contributed by atoms with Crippen LogP contribution < -0.4 is 14.9 Å². The van der Waals surface area contributed by atoms with Crippen molar-refractivity contribution in [3.63, 3.8) is 0 Å². The molecular formula is C25H25F3O6. The van der Waals surface area contributed by atoms with Crippen LogP contribution in [0.4, 0.5) is 13.2 Å². The maximum Gasteiger partial charge on any atom is 0.453 e. The van der Waals surface area contributed by atoms with E-state index in [1.807, 2.05) is 20.8 Å². The van der Waals surface area contributed by atoms with Gasteiger partial charge in [0.05, 0.1) is 11.5 Å². The van der Waals surface area contributed by atoms with E-state index in [0.717, 1.165) is 11.6 Å². The van der Waals surface area contributed by atoms with Crippen LogP contribution in [0.2, 0.25) is 0 Å². The van der Waals surface area contributed by atoms with Crippen molar-refractivity contribution in [1.29, 1.82) is 0 Å². The lowest BCUT2D eigenvalue weighted by atomic mass is 9.87. The van der Waals surface area contributed by atoms with Crippen molar-refractivity contribution in [3.05, 3.63) is 64.0 Å². The van der Waals surface area contributed by atoms with Gasteiger partial charge in [-0.1, -0.05) is 32.9 Å². The quantitative estimate of drug-likeness (QED) is 0.391. The van der Waals surface area contributed by atoms with E-state index in [9.17, 15) is 22.8 Å². The van der Waals surface area contributed by atoms with Crippen LogP contribution in [0.3, 0.4) is 0 Å². The summed E-state index contributed by atoms with van der Waals surface area (Å²) in [5.74, 6) is -3.07. The molecule has 0 fully saturated rings. The van der Waals surface area contributed by atoms with E-state index >= 15 is 0 Å². The molecule has 0 bridgehead atoms. The third kappa shape index (κ3) is 5.89. The van der Waals surface area contributed by atoms with Gasteiger partial charge < -0.3 is 18.6 Å². The summed E-state index contributed by atoms with van der Waals surface area (Å²) in [7, 11) is 0. The smallest absolute Gasteiger partial charge is 0.453 e. The summed E-state index contributed by atoms with van der Waals surface area (Å²) in [6, 6.07) is 10.1. The predicted octanol–water partition coefficient (Wildman–Crippen LogP) is 6.23. The molecule has 0 N–H and O–H groups in total. The highest BCUT2D eigenvalue weighted by molar-refractivity contribution is 5.80. The molecule has 182 valence electrons. The van der Waals surface area contributed by atoms with Crippen LogP contribution in [0.25, 0.3) is 11.0 Å². The van der Waals surface area contributed by atoms with E-state index in [0.29, 0.717) is 0 Å². The van der Waals surface area contributed by atoms with Crippen molar-refractivity contribution in [3.8, 4) is 17.2 Å². The number of benzene rings is 2. The van der Waals surface area contributed by atoms with Crippen molar-refractivity contribution in [2.45, 2.75) is 52.3 Å². The van der Waals surface area contributed by atoms with Crippen LogP contribution >= 0.6 is 0 Å². The first-order valence-electron chi connectivity index (χ1n) is 10.5. The zero-order valence-corrected chi connectivity index (χ0v) is 19.4. The highest BCUT2D eigenvalue weighted by atomic mass is 19.4. The molecule has 0 aliphatic carbocycles. The fourth-order valence-electron chi connectivity index (χ4n) is 3.11. The zero-order valence-electron chi connectivity index (χ0n) is 19.4. The summed E-state index contributed by atoms with van der Waals surface area (Å²) in [6.45, 7) is 8.86. The van der Waals surface area contributed by atoms with E-state index in [4.69, 9.17) is 18.6 Å². The molecule has 2 aromatic carbocycles. The molecule has 0 atom stereocenters. The Morgan fingerprint density at radius 1 is 1.00 bits per heavy atom. The van der Waals surface area contributed by atoms with Crippen LogP contribution in [-0.2, 0) is 21.1 Å². The van der Waals surface area contributed by atoms with Crippen LogP contribution in [0.1, 0.15) is 45.9 Å². The molecule has 0 spiro atoms. The summed E-state index contributed by atoms with van der Waals surface area (Å²) in [6.07, 6.45) is -5.34. The van der Waals surface area contributed by atoms with Crippen molar-refractivity contribution in [2.24, 2.45) is 0 Å². The van der Waals surface area contributed by atoms with Gasteiger partial charge in [-0.2, -0.15) is 13.2 Å². The minimum atomic E-state index is -4.99. The Bertz CT molecular complexity index is 1230. The third-order valence-electron chi connectivity index (χ3n) is 4.74. The van der Waals surface area contributed by atoms with Gasteiger partial charge in [-0.3, -0.25) is 4.79 Å². The number of fused-ring (bicyclic) bond motifs is 1. The van der Waals surface area contributed by atoms with Gasteiger partial charge in [-0.25, -0.2) is 4.79 Å². The highest BCUT2D eigenvalue weighted by Gasteiger charge is 2.40. The van der Waals surface area contributed by atoms with Crippen molar-refractivity contribution < 1.29 is 36.6 Å². The number of carbonyl (C=O) groups is 1. The Labute approximate surface area is 194 Å². The van der Waals surface area contributed by atoms with Crippen LogP contribution in [0.15, 0.2) is 51.7 Å². The number of hydrogen-bond donors (Lipinski definition) is 0. The van der Waals surface area contributed by atoms with E-state index in [2.05, 4.69) is 0 Å². The lowest BCUT2D eigenvalue weighted by molar-refractivity contribution is -0.154. The molecule has 1 aromatic heterocycles. The average Bonchev–Trinajstić information content (AvgIpc) is 2.72. The van der Waals surface area contributed by atoms with Crippen LogP contribution in [0, 0.1) is 0 Å². The SMILES string of the molecule is CC(C)OC(=O)COc1ccc2c(=O)c(Oc3ccc(C(C)(C)C)cc3)c(C(F)(F)F)oc2c1. The summed E-state index contributed by atoms with van der Waals surface area (Å²) in [4.78, 5) is 24.6. The monoisotopic (exact) mass is 478 g/mol. The van der Waals surface area contributed by atoms with Gasteiger partial charge >= 0.3 is 12.1 Å². The number of halogens is 3. The minimum absolute atomic E-state index is 0.0379. The molecule has 0 aliphatic rings. The fourth-order valence-corrected chi connectivity index (χ4v) is 3.11. The van der Waals surface area contributed by atoms with Crippen LogP contribution in [-0.4, -0.2) is 18.7 Å². The molecule has 0 aliphatic heterocycles. The first-order valence-corrected chi connectivity index (χ1v) is 10.5. The minimum Gasteiger partial charge on any atom is -0.482 e. The molecule has 1 heterocycles. The van der Waals surface area contributed by atoms with Crippen LogP contribution in [0.5, 0.6) is 17.2 Å². The first kappa shape index (κ1) is 25.1. The number of alkyl halides is 3. The van der Waals surface area contributed by atoms with Crippen molar-refractivity contribution >= 4 is 16.9 Å². The van der Waals surface area contributed by atoms with Crippen molar-refractivity contribution in [1.82, 2.24) is 0 Å². The molecule has 0 radical (unpaired) electrons. The van der Waals surface area contributed by atoms with E-state index < -0.39 is 35.7 Å². The first-order chi connectivity index (χ1) is 15.8. The molecule has 3 aromatic rings. The topological polar surface area (TPSA) is 75.0 Å². The van der Waals surface area contributed by atoms with E-state index in [-0.39, 0.29) is 34.0 Å². The van der Waals surface area contributed by atoms with Gasteiger partial charge in [0.15, 0.2) is 6.61 Å². The second-order valence-corrected chi connectivity index (χ2v) is 8.95. The predicted molar refractivity (Wildman–Crippen MR) is 119 cm³/mol. The highest BCUT2D eigenvalue weighted by Crippen LogP contribution is 2.39. The molecule has 9 heteroatoms. The second kappa shape index (κ2) is 9.40. The van der Waals surface area contributed by atoms with E-state index in [1.165, 1.54) is 24.3 Å². The Hall–Kier alpha value is -3.49. The van der Waals surface area contributed by atoms with Gasteiger partial charge in [0.1, 0.15) is 17.1 Å². The lowest BCUT2D eigenvalue weighted by Crippen LogP contribution is -2.19. The van der Waals surface area contributed by atoms with Gasteiger partial charge in [0, 0.05) is 6.07 Å². The number of hydrogen-bond acceptors (Lipinski definition) is 6. The fraction of sp³-hybridized carbons (Fsp3) is 0.360. The van der Waals surface area contributed by atoms with Gasteiger partial charge in [-0.15, -0.1) is 0 Å². The average molecular weight is 478 g/mol. The van der Waals surface area contributed by atoms with Gasteiger partial charge in [-0.05, 0) is 49.1 Å². The third-order valence-corrected chi connectivity index (χ3v) is 4.74. The molecule has 0 saturated heterocycles.